The van der Waals surface area contributed by atoms with Crippen LogP contribution in [0.2, 0.25) is 0 Å². The van der Waals surface area contributed by atoms with Gasteiger partial charge in [0.2, 0.25) is 0 Å². The molecule has 4 heteroatoms. The van der Waals surface area contributed by atoms with Gasteiger partial charge in [0.05, 0.1) is 0 Å². The molecule has 0 saturated carbocycles. The summed E-state index contributed by atoms with van der Waals surface area (Å²) in [6.07, 6.45) is 0. The van der Waals surface area contributed by atoms with Gasteiger partial charge in [-0.25, -0.2) is 0 Å². The van der Waals surface area contributed by atoms with Crippen LogP contribution in [-0.2, 0) is 6.54 Å². The van der Waals surface area contributed by atoms with Crippen molar-refractivity contribution in [1.82, 2.24) is 15.1 Å². The molecule has 1 saturated heterocycles. The molecule has 3 nitrogen and oxygen atoms in total. The average molecular weight is 308 g/mol. The Morgan fingerprint density at radius 2 is 1.95 bits per heavy atom. The minimum Gasteiger partial charge on any atom is -0.310 e. The Kier molecular flexibility index (Phi) is 7.04. The third-order valence-corrected chi connectivity index (χ3v) is 4.86. The first-order valence-electron chi connectivity index (χ1n) is 7.99. The molecule has 1 aromatic rings. The van der Waals surface area contributed by atoms with E-state index >= 15 is 0 Å². The van der Waals surface area contributed by atoms with E-state index in [2.05, 4.69) is 60.3 Å². The maximum Gasteiger partial charge on any atom is 0.0208 e. The van der Waals surface area contributed by atoms with Gasteiger partial charge in [-0.05, 0) is 24.7 Å². The van der Waals surface area contributed by atoms with Crippen LogP contribution >= 0.6 is 11.8 Å². The zero-order valence-electron chi connectivity index (χ0n) is 13.6. The SMILES string of the molecule is CC(C)NCc1cccc(SCCN2CCN(C)CC2)c1. The first-order chi connectivity index (χ1) is 10.1. The van der Waals surface area contributed by atoms with Gasteiger partial charge in [0.1, 0.15) is 0 Å². The quantitative estimate of drug-likeness (QED) is 0.780. The zero-order chi connectivity index (χ0) is 15.1. The van der Waals surface area contributed by atoms with E-state index in [9.17, 15) is 0 Å². The fraction of sp³-hybridized carbons (Fsp3) is 0.647. The van der Waals surface area contributed by atoms with Crippen molar-refractivity contribution in [2.75, 3.05) is 45.5 Å². The molecule has 1 N–H and O–H groups in total. The predicted octanol–water partition coefficient (Wildman–Crippen LogP) is 2.52. The lowest BCUT2D eigenvalue weighted by molar-refractivity contribution is 0.161. The van der Waals surface area contributed by atoms with Gasteiger partial charge in [-0.1, -0.05) is 26.0 Å². The lowest BCUT2D eigenvalue weighted by atomic mass is 10.2. The summed E-state index contributed by atoms with van der Waals surface area (Å²) in [6, 6.07) is 9.48. The van der Waals surface area contributed by atoms with E-state index in [0.717, 1.165) is 6.54 Å². The van der Waals surface area contributed by atoms with Gasteiger partial charge in [0, 0.05) is 56.0 Å². The Balaban J connectivity index is 1.71. The zero-order valence-corrected chi connectivity index (χ0v) is 14.5. The summed E-state index contributed by atoms with van der Waals surface area (Å²) >= 11 is 1.98. The van der Waals surface area contributed by atoms with Crippen LogP contribution in [0.3, 0.4) is 0 Å². The maximum atomic E-state index is 3.48. The molecule has 0 radical (unpaired) electrons. The number of nitrogens with zero attached hydrogens (tertiary/aromatic N) is 2. The van der Waals surface area contributed by atoms with Crippen molar-refractivity contribution in [1.29, 1.82) is 0 Å². The minimum absolute atomic E-state index is 0.540. The van der Waals surface area contributed by atoms with Crippen molar-refractivity contribution in [3.63, 3.8) is 0 Å². The predicted molar refractivity (Wildman–Crippen MR) is 93.1 cm³/mol. The van der Waals surface area contributed by atoms with Gasteiger partial charge >= 0.3 is 0 Å². The molecular formula is C17H29N3S. The Morgan fingerprint density at radius 1 is 1.19 bits per heavy atom. The van der Waals surface area contributed by atoms with Crippen molar-refractivity contribution in [2.45, 2.75) is 31.3 Å². The van der Waals surface area contributed by atoms with Gasteiger partial charge in [0.25, 0.3) is 0 Å². The molecule has 0 spiro atoms. The summed E-state index contributed by atoms with van der Waals surface area (Å²) in [5.74, 6) is 1.19. The number of benzene rings is 1. The summed E-state index contributed by atoms with van der Waals surface area (Å²) in [7, 11) is 2.21. The highest BCUT2D eigenvalue weighted by molar-refractivity contribution is 7.99. The van der Waals surface area contributed by atoms with Crippen molar-refractivity contribution in [3.8, 4) is 0 Å². The summed E-state index contributed by atoms with van der Waals surface area (Å²) in [4.78, 5) is 6.39. The first kappa shape index (κ1) is 16.8. The molecule has 1 fully saturated rings. The van der Waals surface area contributed by atoms with Crippen LogP contribution in [0.1, 0.15) is 19.4 Å². The highest BCUT2D eigenvalue weighted by Crippen LogP contribution is 2.19. The smallest absolute Gasteiger partial charge is 0.0208 e. The highest BCUT2D eigenvalue weighted by Gasteiger charge is 2.12. The Hall–Kier alpha value is -0.550. The Bertz CT molecular complexity index is 414. The topological polar surface area (TPSA) is 18.5 Å². The van der Waals surface area contributed by atoms with Crippen LogP contribution in [0.4, 0.5) is 0 Å². The largest absolute Gasteiger partial charge is 0.310 e. The van der Waals surface area contributed by atoms with E-state index in [-0.39, 0.29) is 0 Å². The van der Waals surface area contributed by atoms with E-state index in [1.54, 1.807) is 0 Å². The van der Waals surface area contributed by atoms with Gasteiger partial charge in [0.15, 0.2) is 0 Å². The highest BCUT2D eigenvalue weighted by atomic mass is 32.2. The van der Waals surface area contributed by atoms with Crippen LogP contribution in [0.5, 0.6) is 0 Å². The molecule has 118 valence electrons. The number of piperazine rings is 1. The summed E-state index contributed by atoms with van der Waals surface area (Å²) < 4.78 is 0. The molecular weight excluding hydrogens is 278 g/mol. The maximum absolute atomic E-state index is 3.48. The lowest BCUT2D eigenvalue weighted by Gasteiger charge is -2.32. The number of hydrogen-bond donors (Lipinski definition) is 1. The Morgan fingerprint density at radius 3 is 2.67 bits per heavy atom. The molecule has 1 aliphatic rings. The monoisotopic (exact) mass is 307 g/mol. The fourth-order valence-electron chi connectivity index (χ4n) is 2.43. The number of nitrogens with one attached hydrogen (secondary N) is 1. The molecule has 1 heterocycles. The van der Waals surface area contributed by atoms with E-state index in [0.29, 0.717) is 6.04 Å². The van der Waals surface area contributed by atoms with Crippen LogP contribution in [0.25, 0.3) is 0 Å². The average Bonchev–Trinajstić information content (AvgIpc) is 2.48. The summed E-state index contributed by atoms with van der Waals surface area (Å²) in [5.41, 5.74) is 1.38. The van der Waals surface area contributed by atoms with E-state index < -0.39 is 0 Å². The van der Waals surface area contributed by atoms with Crippen molar-refractivity contribution in [2.24, 2.45) is 0 Å². The summed E-state index contributed by atoms with van der Waals surface area (Å²) in [6.45, 7) is 11.4. The van der Waals surface area contributed by atoms with Gasteiger partial charge < -0.3 is 10.2 Å². The molecule has 1 aliphatic heterocycles. The third kappa shape index (κ3) is 6.39. The van der Waals surface area contributed by atoms with Crippen molar-refractivity contribution in [3.05, 3.63) is 29.8 Å². The molecule has 0 unspecified atom stereocenters. The molecule has 21 heavy (non-hydrogen) atoms. The fourth-order valence-corrected chi connectivity index (χ4v) is 3.43. The van der Waals surface area contributed by atoms with E-state index in [1.807, 2.05) is 11.8 Å². The van der Waals surface area contributed by atoms with Crippen LogP contribution in [0.15, 0.2) is 29.2 Å². The van der Waals surface area contributed by atoms with Crippen molar-refractivity contribution >= 4 is 11.8 Å². The second-order valence-electron chi connectivity index (χ2n) is 6.18. The first-order valence-corrected chi connectivity index (χ1v) is 8.98. The molecule has 0 atom stereocenters. The normalized spacial score (nSPS) is 17.5. The van der Waals surface area contributed by atoms with Gasteiger partial charge in [-0.2, -0.15) is 0 Å². The second kappa shape index (κ2) is 8.79. The van der Waals surface area contributed by atoms with Gasteiger partial charge in [-0.15, -0.1) is 11.8 Å². The number of likely N-dealkylation sites (N-methyl/N-ethyl adjacent to an activating group) is 1. The minimum atomic E-state index is 0.540. The standard InChI is InChI=1S/C17H29N3S/c1-15(2)18-14-16-5-4-6-17(13-16)21-12-11-20-9-7-19(3)8-10-20/h4-6,13,15,18H,7-12,14H2,1-3H3. The molecule has 2 rings (SSSR count). The number of hydrogen-bond acceptors (Lipinski definition) is 4. The molecule has 0 amide bonds. The second-order valence-corrected chi connectivity index (χ2v) is 7.34. The van der Waals surface area contributed by atoms with Gasteiger partial charge in [-0.3, -0.25) is 4.90 Å². The number of thioether (sulfide) groups is 1. The van der Waals surface area contributed by atoms with Crippen LogP contribution in [-0.4, -0.2) is 61.4 Å². The van der Waals surface area contributed by atoms with Crippen molar-refractivity contribution < 1.29 is 0 Å². The van der Waals surface area contributed by atoms with E-state index in [4.69, 9.17) is 0 Å². The molecule has 0 aliphatic carbocycles. The number of rotatable bonds is 7. The van der Waals surface area contributed by atoms with Crippen LogP contribution < -0.4 is 5.32 Å². The Labute approximate surface area is 134 Å². The molecule has 1 aromatic carbocycles. The molecule has 0 bridgehead atoms. The molecule has 0 aromatic heterocycles. The lowest BCUT2D eigenvalue weighted by Crippen LogP contribution is -2.45. The van der Waals surface area contributed by atoms with Crippen LogP contribution in [0, 0.1) is 0 Å². The third-order valence-electron chi connectivity index (χ3n) is 3.89. The summed E-state index contributed by atoms with van der Waals surface area (Å²) in [5, 5.41) is 3.48. The van der Waals surface area contributed by atoms with E-state index in [1.165, 1.54) is 48.9 Å².